The zero-order valence-corrected chi connectivity index (χ0v) is 18.0. The van der Waals surface area contributed by atoms with E-state index in [4.69, 9.17) is 5.73 Å². The molecule has 164 valence electrons. The normalized spacial score (nSPS) is 27.4. The molecule has 0 aliphatic carbocycles. The van der Waals surface area contributed by atoms with Gasteiger partial charge in [0.1, 0.15) is 6.04 Å². The summed E-state index contributed by atoms with van der Waals surface area (Å²) in [6, 6.07) is 8.76. The highest BCUT2D eigenvalue weighted by Gasteiger charge is 2.51. The number of carbonyl (C=O) groups excluding carboxylic acids is 3. The first-order valence-electron chi connectivity index (χ1n) is 11.0. The lowest BCUT2D eigenvalue weighted by molar-refractivity contribution is -0.142. The van der Waals surface area contributed by atoms with Gasteiger partial charge in [-0.15, -0.1) is 0 Å². The zero-order chi connectivity index (χ0) is 22.3. The van der Waals surface area contributed by atoms with Crippen molar-refractivity contribution in [1.82, 2.24) is 14.7 Å². The number of hydrogen-bond acceptors (Lipinski definition) is 5. The summed E-state index contributed by atoms with van der Waals surface area (Å²) < 4.78 is 0. The molecule has 4 rings (SSSR count). The maximum Gasteiger partial charge on any atom is 0.248 e. The number of hydrogen-bond donors (Lipinski definition) is 1. The lowest BCUT2D eigenvalue weighted by Crippen LogP contribution is -2.53. The number of carbonyl (C=O) groups is 3. The molecule has 2 N–H and O–H groups in total. The van der Waals surface area contributed by atoms with Crippen molar-refractivity contribution in [3.63, 3.8) is 0 Å². The van der Waals surface area contributed by atoms with Gasteiger partial charge < -0.3 is 15.5 Å². The summed E-state index contributed by atoms with van der Waals surface area (Å²) in [5.41, 5.74) is 6.73. The molecule has 2 bridgehead atoms. The maximum absolute atomic E-state index is 13.2. The van der Waals surface area contributed by atoms with Crippen LogP contribution in [0.25, 0.3) is 0 Å². The van der Waals surface area contributed by atoms with Crippen molar-refractivity contribution in [1.29, 1.82) is 5.26 Å². The van der Waals surface area contributed by atoms with Crippen LogP contribution in [0, 0.1) is 17.2 Å². The lowest BCUT2D eigenvalue weighted by atomic mass is 10.0. The molecule has 3 fully saturated rings. The minimum absolute atomic E-state index is 0.00719. The first-order valence-corrected chi connectivity index (χ1v) is 11.0. The van der Waals surface area contributed by atoms with Crippen LogP contribution >= 0.6 is 0 Å². The number of nitrogens with zero attached hydrogens (tertiary/aromatic N) is 4. The second kappa shape index (κ2) is 8.31. The highest BCUT2D eigenvalue weighted by Crippen LogP contribution is 2.38. The third-order valence-electron chi connectivity index (χ3n) is 7.00. The molecule has 0 saturated carbocycles. The summed E-state index contributed by atoms with van der Waals surface area (Å²) in [5, 5.41) is 9.26. The van der Waals surface area contributed by atoms with Crippen LogP contribution in [0.15, 0.2) is 24.3 Å². The van der Waals surface area contributed by atoms with Gasteiger partial charge in [0.2, 0.25) is 17.7 Å². The summed E-state index contributed by atoms with van der Waals surface area (Å²) in [6.45, 7) is 5.77. The van der Waals surface area contributed by atoms with Crippen LogP contribution < -0.4 is 5.73 Å². The third-order valence-corrected chi connectivity index (χ3v) is 7.00. The average Bonchev–Trinajstić information content (AvgIpc) is 3.47. The smallest absolute Gasteiger partial charge is 0.248 e. The van der Waals surface area contributed by atoms with E-state index in [2.05, 4.69) is 11.0 Å². The Morgan fingerprint density at radius 1 is 1.32 bits per heavy atom. The SMILES string of the molecule is C[C@@H](CN1C[C@H]2C[C@@H]1C(=O)N2[C@@H](C)c1cccc(C(N)=O)c1)C(=O)N1CCC[C@H]1C#N. The molecule has 1 aromatic carbocycles. The molecular formula is C23H29N5O3. The number of amides is 3. The summed E-state index contributed by atoms with van der Waals surface area (Å²) in [4.78, 5) is 43.3. The molecule has 3 saturated heterocycles. The number of piperazine rings is 1. The Labute approximate surface area is 182 Å². The van der Waals surface area contributed by atoms with Crippen molar-refractivity contribution in [2.45, 2.75) is 57.3 Å². The van der Waals surface area contributed by atoms with E-state index in [1.807, 2.05) is 24.8 Å². The van der Waals surface area contributed by atoms with Gasteiger partial charge in [-0.25, -0.2) is 0 Å². The van der Waals surface area contributed by atoms with Gasteiger partial charge in [-0.3, -0.25) is 19.3 Å². The minimum atomic E-state index is -0.482. The number of nitriles is 1. The van der Waals surface area contributed by atoms with Crippen molar-refractivity contribution in [3.05, 3.63) is 35.4 Å². The molecule has 8 heteroatoms. The standard InChI is InChI=1S/C23H29N5O3/c1-14(22(30)27-8-4-7-18(27)11-24)12-26-13-19-10-20(26)23(31)28(19)15(2)16-5-3-6-17(9-16)21(25)29/h3,5-6,9,14-15,18-20H,4,7-8,10,12-13H2,1-2H3,(H2,25,29)/t14-,15-,18-,19+,20+/m0/s1. The molecule has 3 aliphatic rings. The van der Waals surface area contributed by atoms with Crippen molar-refractivity contribution in [2.75, 3.05) is 19.6 Å². The highest BCUT2D eigenvalue weighted by molar-refractivity contribution is 5.93. The summed E-state index contributed by atoms with van der Waals surface area (Å²) >= 11 is 0. The lowest BCUT2D eigenvalue weighted by Gasteiger charge is -2.38. The van der Waals surface area contributed by atoms with E-state index in [1.165, 1.54) is 0 Å². The second-order valence-corrected chi connectivity index (χ2v) is 8.99. The van der Waals surface area contributed by atoms with E-state index in [1.54, 1.807) is 23.1 Å². The molecule has 0 unspecified atom stereocenters. The van der Waals surface area contributed by atoms with Crippen LogP contribution in [-0.4, -0.2) is 70.2 Å². The number of nitrogens with two attached hydrogens (primary N) is 1. The number of rotatable bonds is 6. The Morgan fingerprint density at radius 2 is 2.10 bits per heavy atom. The number of likely N-dealkylation sites (tertiary alicyclic amines) is 3. The Kier molecular flexibility index (Phi) is 5.71. The van der Waals surface area contributed by atoms with Crippen LogP contribution in [0.2, 0.25) is 0 Å². The molecular weight excluding hydrogens is 394 g/mol. The highest BCUT2D eigenvalue weighted by atomic mass is 16.2. The summed E-state index contributed by atoms with van der Waals surface area (Å²) in [7, 11) is 0. The van der Waals surface area contributed by atoms with Crippen LogP contribution in [0.3, 0.4) is 0 Å². The van der Waals surface area contributed by atoms with E-state index >= 15 is 0 Å². The molecule has 31 heavy (non-hydrogen) atoms. The molecule has 3 heterocycles. The average molecular weight is 424 g/mol. The molecule has 1 aromatic rings. The molecule has 5 atom stereocenters. The zero-order valence-electron chi connectivity index (χ0n) is 18.0. The first kappa shape index (κ1) is 21.3. The van der Waals surface area contributed by atoms with E-state index < -0.39 is 5.91 Å². The Morgan fingerprint density at radius 3 is 2.77 bits per heavy atom. The number of benzene rings is 1. The first-order chi connectivity index (χ1) is 14.8. The fourth-order valence-corrected chi connectivity index (χ4v) is 5.39. The van der Waals surface area contributed by atoms with Gasteiger partial charge in [-0.05, 0) is 43.9 Å². The fourth-order valence-electron chi connectivity index (χ4n) is 5.39. The predicted octanol–water partition coefficient (Wildman–Crippen LogP) is 1.28. The Balaban J connectivity index is 1.41. The molecule has 8 nitrogen and oxygen atoms in total. The predicted molar refractivity (Wildman–Crippen MR) is 113 cm³/mol. The van der Waals surface area contributed by atoms with Gasteiger partial charge in [-0.1, -0.05) is 19.1 Å². The van der Waals surface area contributed by atoms with Gasteiger partial charge >= 0.3 is 0 Å². The van der Waals surface area contributed by atoms with Gasteiger partial charge in [0.15, 0.2) is 0 Å². The van der Waals surface area contributed by atoms with Crippen molar-refractivity contribution in [2.24, 2.45) is 11.7 Å². The van der Waals surface area contributed by atoms with Gasteiger partial charge in [0.25, 0.3) is 0 Å². The van der Waals surface area contributed by atoms with Gasteiger partial charge in [0, 0.05) is 37.2 Å². The summed E-state index contributed by atoms with van der Waals surface area (Å²) in [5.74, 6) is -0.652. The quantitative estimate of drug-likeness (QED) is 0.741. The molecule has 3 aliphatic heterocycles. The monoisotopic (exact) mass is 423 g/mol. The van der Waals surface area contributed by atoms with E-state index in [-0.39, 0.29) is 41.9 Å². The Hall–Kier alpha value is -2.92. The van der Waals surface area contributed by atoms with Crippen molar-refractivity contribution >= 4 is 17.7 Å². The van der Waals surface area contributed by atoms with Crippen molar-refractivity contribution < 1.29 is 14.4 Å². The van der Waals surface area contributed by atoms with E-state index in [9.17, 15) is 19.6 Å². The molecule has 3 amide bonds. The van der Waals surface area contributed by atoms with Crippen molar-refractivity contribution in [3.8, 4) is 6.07 Å². The summed E-state index contributed by atoms with van der Waals surface area (Å²) in [6.07, 6.45) is 2.36. The van der Waals surface area contributed by atoms with Crippen LogP contribution in [0.4, 0.5) is 0 Å². The molecule has 0 aromatic heterocycles. The largest absolute Gasteiger partial charge is 0.366 e. The van der Waals surface area contributed by atoms with Gasteiger partial charge in [0.05, 0.1) is 18.2 Å². The van der Waals surface area contributed by atoms with E-state index in [0.717, 1.165) is 31.4 Å². The number of fused-ring (bicyclic) bond motifs is 2. The minimum Gasteiger partial charge on any atom is -0.366 e. The van der Waals surface area contributed by atoms with E-state index in [0.29, 0.717) is 18.7 Å². The molecule has 0 spiro atoms. The Bertz CT molecular complexity index is 941. The van der Waals surface area contributed by atoms with Crippen LogP contribution in [0.5, 0.6) is 0 Å². The molecule has 0 radical (unpaired) electrons. The second-order valence-electron chi connectivity index (χ2n) is 8.99. The van der Waals surface area contributed by atoms with Gasteiger partial charge in [-0.2, -0.15) is 5.26 Å². The topological polar surface area (TPSA) is 111 Å². The maximum atomic E-state index is 13.2. The fraction of sp³-hybridized carbons (Fsp3) is 0.565. The third kappa shape index (κ3) is 3.79. The van der Waals surface area contributed by atoms with Crippen LogP contribution in [0.1, 0.15) is 55.1 Å². The van der Waals surface area contributed by atoms with Crippen LogP contribution in [-0.2, 0) is 9.59 Å². The number of primary amides is 1.